The lowest BCUT2D eigenvalue weighted by molar-refractivity contribution is -0.155. The molecule has 1 unspecified atom stereocenters. The Hall–Kier alpha value is -1.21. The Morgan fingerprint density at radius 3 is 2.47 bits per heavy atom. The van der Waals surface area contributed by atoms with Gasteiger partial charge in [0.25, 0.3) is 0 Å². The van der Waals surface area contributed by atoms with E-state index in [1.165, 1.54) is 0 Å². The van der Waals surface area contributed by atoms with Gasteiger partial charge < -0.3 is 15.2 Å². The van der Waals surface area contributed by atoms with Gasteiger partial charge in [-0.3, -0.25) is 10.8 Å². The van der Waals surface area contributed by atoms with E-state index in [-0.39, 0.29) is 6.04 Å². The number of anilines is 1. The zero-order valence-corrected chi connectivity index (χ0v) is 10.2. The number of nitrogens with zero attached hydrogens (tertiary/aromatic N) is 1. The molecule has 96 valence electrons. The number of rotatable bonds is 7. The summed E-state index contributed by atoms with van der Waals surface area (Å²) in [6, 6.07) is 1.37. The van der Waals surface area contributed by atoms with Gasteiger partial charge in [0.05, 0.1) is 0 Å². The molecular formula is C11H20N4O2. The molecule has 6 heteroatoms. The molecule has 0 amide bonds. The molecular weight excluding hydrogens is 220 g/mol. The highest BCUT2D eigenvalue weighted by Crippen LogP contribution is 2.23. The molecule has 0 aliphatic carbocycles. The molecule has 1 rings (SSSR count). The summed E-state index contributed by atoms with van der Waals surface area (Å²) in [4.78, 5) is 4.03. The fraction of sp³-hybridized carbons (Fsp3) is 0.545. The molecule has 0 aliphatic rings. The lowest BCUT2D eigenvalue weighted by Crippen LogP contribution is -2.40. The van der Waals surface area contributed by atoms with Crippen molar-refractivity contribution >= 4 is 5.69 Å². The van der Waals surface area contributed by atoms with Gasteiger partial charge in [-0.15, -0.1) is 0 Å². The van der Waals surface area contributed by atoms with Crippen molar-refractivity contribution in [3.05, 3.63) is 24.0 Å². The van der Waals surface area contributed by atoms with E-state index in [9.17, 15) is 0 Å². The van der Waals surface area contributed by atoms with Crippen LogP contribution in [0.1, 0.15) is 25.5 Å². The van der Waals surface area contributed by atoms with Crippen molar-refractivity contribution < 1.29 is 9.47 Å². The lowest BCUT2D eigenvalue weighted by atomic mass is 10.1. The van der Waals surface area contributed by atoms with Gasteiger partial charge in [-0.1, -0.05) is 0 Å². The van der Waals surface area contributed by atoms with E-state index >= 15 is 0 Å². The number of hydrogen-bond acceptors (Lipinski definition) is 6. The highest BCUT2D eigenvalue weighted by molar-refractivity contribution is 5.46. The molecule has 0 radical (unpaired) electrons. The number of ether oxygens (including phenoxy) is 2. The van der Waals surface area contributed by atoms with Crippen molar-refractivity contribution in [3.63, 3.8) is 0 Å². The maximum Gasteiger partial charge on any atom is 0.178 e. The molecule has 0 saturated carbocycles. The minimum atomic E-state index is -0.485. The van der Waals surface area contributed by atoms with E-state index in [1.807, 2.05) is 13.8 Å². The summed E-state index contributed by atoms with van der Waals surface area (Å²) >= 11 is 0. The quantitative estimate of drug-likeness (QED) is 0.366. The second-order valence-corrected chi connectivity index (χ2v) is 3.43. The summed E-state index contributed by atoms with van der Waals surface area (Å²) < 4.78 is 11.0. The third-order valence-electron chi connectivity index (χ3n) is 2.34. The van der Waals surface area contributed by atoms with Gasteiger partial charge >= 0.3 is 0 Å². The standard InChI is InChI=1S/C11H20N4O2/c1-3-16-11(17-4-2)10(15-13)8-7-14-6-5-9(8)12/h5-7,10-11,15H,3-4,13H2,1-2H3,(H2,12,14). The average molecular weight is 240 g/mol. The highest BCUT2D eigenvalue weighted by atomic mass is 16.7. The van der Waals surface area contributed by atoms with Crippen molar-refractivity contribution in [2.45, 2.75) is 26.2 Å². The predicted molar refractivity (Wildman–Crippen MR) is 65.8 cm³/mol. The van der Waals surface area contributed by atoms with E-state index in [0.717, 1.165) is 5.56 Å². The number of hydrogen-bond donors (Lipinski definition) is 3. The van der Waals surface area contributed by atoms with Crippen LogP contribution in [0.5, 0.6) is 0 Å². The van der Waals surface area contributed by atoms with E-state index < -0.39 is 6.29 Å². The van der Waals surface area contributed by atoms with Crippen LogP contribution in [0.15, 0.2) is 18.5 Å². The third-order valence-corrected chi connectivity index (χ3v) is 2.34. The maximum atomic E-state index is 5.88. The number of nitrogens with one attached hydrogen (secondary N) is 1. The van der Waals surface area contributed by atoms with Gasteiger partial charge in [0.1, 0.15) is 6.04 Å². The number of nitrogens with two attached hydrogens (primary N) is 2. The first kappa shape index (κ1) is 13.9. The molecule has 0 fully saturated rings. The first-order chi connectivity index (χ1) is 8.24. The Labute approximate surface area is 101 Å². The summed E-state index contributed by atoms with van der Waals surface area (Å²) in [7, 11) is 0. The Morgan fingerprint density at radius 2 is 2.00 bits per heavy atom. The first-order valence-corrected chi connectivity index (χ1v) is 5.63. The van der Waals surface area contributed by atoms with Gasteiger partial charge in [-0.2, -0.15) is 0 Å². The van der Waals surface area contributed by atoms with Gasteiger partial charge in [-0.25, -0.2) is 5.43 Å². The SMILES string of the molecule is CCOC(OCC)C(NN)c1cnccc1N. The Balaban J connectivity index is 2.91. The molecule has 0 aliphatic heterocycles. The molecule has 6 nitrogen and oxygen atoms in total. The highest BCUT2D eigenvalue weighted by Gasteiger charge is 2.24. The lowest BCUT2D eigenvalue weighted by Gasteiger charge is -2.26. The van der Waals surface area contributed by atoms with Gasteiger partial charge in [0, 0.05) is 36.9 Å². The summed E-state index contributed by atoms with van der Waals surface area (Å²) in [5.41, 5.74) is 9.91. The van der Waals surface area contributed by atoms with Gasteiger partial charge in [0.2, 0.25) is 0 Å². The van der Waals surface area contributed by atoms with E-state index in [0.29, 0.717) is 18.9 Å². The molecule has 0 spiro atoms. The van der Waals surface area contributed by atoms with Crippen molar-refractivity contribution in [1.82, 2.24) is 10.4 Å². The van der Waals surface area contributed by atoms with Gasteiger partial charge in [-0.05, 0) is 19.9 Å². The zero-order chi connectivity index (χ0) is 12.7. The van der Waals surface area contributed by atoms with E-state index in [2.05, 4.69) is 10.4 Å². The molecule has 1 aromatic rings. The molecule has 17 heavy (non-hydrogen) atoms. The van der Waals surface area contributed by atoms with Crippen LogP contribution < -0.4 is 17.0 Å². The molecule has 0 saturated heterocycles. The van der Waals surface area contributed by atoms with Crippen LogP contribution in [-0.4, -0.2) is 24.5 Å². The summed E-state index contributed by atoms with van der Waals surface area (Å²) in [5.74, 6) is 5.54. The smallest absolute Gasteiger partial charge is 0.178 e. The fourth-order valence-electron chi connectivity index (χ4n) is 1.56. The van der Waals surface area contributed by atoms with Crippen molar-refractivity contribution in [2.75, 3.05) is 18.9 Å². The zero-order valence-electron chi connectivity index (χ0n) is 10.2. The Kier molecular flexibility index (Phi) is 5.85. The molecule has 0 bridgehead atoms. The summed E-state index contributed by atoms with van der Waals surface area (Å²) in [6.45, 7) is 4.85. The topological polar surface area (TPSA) is 95.4 Å². The molecule has 0 aromatic carbocycles. The Bertz CT molecular complexity index is 329. The summed E-state index contributed by atoms with van der Waals surface area (Å²) in [5, 5.41) is 0. The van der Waals surface area contributed by atoms with Crippen LogP contribution in [-0.2, 0) is 9.47 Å². The number of pyridine rings is 1. The monoisotopic (exact) mass is 240 g/mol. The van der Waals surface area contributed by atoms with E-state index in [1.54, 1.807) is 18.5 Å². The average Bonchev–Trinajstić information content (AvgIpc) is 2.33. The summed E-state index contributed by atoms with van der Waals surface area (Å²) in [6.07, 6.45) is 2.80. The molecule has 1 heterocycles. The van der Waals surface area contributed by atoms with Crippen molar-refractivity contribution in [1.29, 1.82) is 0 Å². The largest absolute Gasteiger partial charge is 0.398 e. The van der Waals surface area contributed by atoms with Crippen LogP contribution in [0.3, 0.4) is 0 Å². The van der Waals surface area contributed by atoms with Crippen LogP contribution in [0, 0.1) is 0 Å². The molecule has 1 atom stereocenters. The van der Waals surface area contributed by atoms with Crippen LogP contribution in [0.25, 0.3) is 0 Å². The fourth-order valence-corrected chi connectivity index (χ4v) is 1.56. The molecule has 5 N–H and O–H groups in total. The third kappa shape index (κ3) is 3.64. The second-order valence-electron chi connectivity index (χ2n) is 3.43. The minimum absolute atomic E-state index is 0.344. The van der Waals surface area contributed by atoms with Crippen molar-refractivity contribution in [3.8, 4) is 0 Å². The first-order valence-electron chi connectivity index (χ1n) is 5.63. The van der Waals surface area contributed by atoms with Crippen LogP contribution in [0.2, 0.25) is 0 Å². The second kappa shape index (κ2) is 7.18. The van der Waals surface area contributed by atoms with Crippen LogP contribution in [0.4, 0.5) is 5.69 Å². The molecule has 1 aromatic heterocycles. The predicted octanol–water partition coefficient (Wildman–Crippen LogP) is 0.567. The van der Waals surface area contributed by atoms with Gasteiger partial charge in [0.15, 0.2) is 6.29 Å². The number of hydrazine groups is 1. The van der Waals surface area contributed by atoms with Crippen LogP contribution >= 0.6 is 0 Å². The maximum absolute atomic E-state index is 5.88. The Morgan fingerprint density at radius 1 is 1.35 bits per heavy atom. The van der Waals surface area contributed by atoms with Crippen molar-refractivity contribution in [2.24, 2.45) is 5.84 Å². The normalized spacial score (nSPS) is 12.9. The number of aromatic nitrogens is 1. The van der Waals surface area contributed by atoms with E-state index in [4.69, 9.17) is 21.1 Å². The minimum Gasteiger partial charge on any atom is -0.398 e. The number of nitrogen functional groups attached to an aromatic ring is 1.